The Balaban J connectivity index is 0.723. The summed E-state index contributed by atoms with van der Waals surface area (Å²) in [5.41, 5.74) is 5.39. The fraction of sp³-hybridized carbons (Fsp3) is 0.341. The largest absolute Gasteiger partial charge is 0.385 e. The summed E-state index contributed by atoms with van der Waals surface area (Å²) < 4.78 is 25.5. The van der Waals surface area contributed by atoms with E-state index >= 15 is 0 Å². The van der Waals surface area contributed by atoms with E-state index in [2.05, 4.69) is 30.9 Å². The van der Waals surface area contributed by atoms with Gasteiger partial charge in [-0.2, -0.15) is 4.98 Å². The van der Waals surface area contributed by atoms with E-state index in [9.17, 15) is 32.4 Å². The first kappa shape index (κ1) is 41.1. The van der Waals surface area contributed by atoms with Crippen LogP contribution in [0.25, 0.3) is 16.9 Å². The molecule has 3 aliphatic heterocycles. The number of benzene rings is 3. The molecule has 1 atom stereocenters. The second-order valence-corrected chi connectivity index (χ2v) is 17.6. The molecule has 3 N–H and O–H groups in total. The van der Waals surface area contributed by atoms with Crippen LogP contribution in [0.1, 0.15) is 72.1 Å². The molecule has 1 unspecified atom stereocenters. The zero-order valence-electron chi connectivity index (χ0n) is 33.8. The third-order valence-electron chi connectivity index (χ3n) is 11.4. The summed E-state index contributed by atoms with van der Waals surface area (Å²) in [5.74, 6) is -1.45. The molecule has 17 heteroatoms. The van der Waals surface area contributed by atoms with Gasteiger partial charge >= 0.3 is 0 Å². The Morgan fingerprint density at radius 2 is 1.51 bits per heavy atom. The number of anilines is 4. The molecule has 61 heavy (non-hydrogen) atoms. The van der Waals surface area contributed by atoms with E-state index in [4.69, 9.17) is 0 Å². The molecule has 5 aromatic rings. The molecule has 0 bridgehead atoms. The molecule has 316 valence electrons. The van der Waals surface area contributed by atoms with E-state index in [0.717, 1.165) is 78.4 Å². The topological polar surface area (TPSA) is 195 Å². The lowest BCUT2D eigenvalue weighted by molar-refractivity contribution is -0.136. The van der Waals surface area contributed by atoms with E-state index in [1.807, 2.05) is 47.4 Å². The van der Waals surface area contributed by atoms with Crippen LogP contribution in [0, 0.1) is 0 Å². The van der Waals surface area contributed by atoms with Crippen LogP contribution in [0.3, 0.4) is 0 Å². The normalized spacial score (nSPS) is 16.9. The van der Waals surface area contributed by atoms with E-state index in [1.54, 1.807) is 47.0 Å². The number of hydrogen-bond donors (Lipinski definition) is 3. The van der Waals surface area contributed by atoms with E-state index < -0.39 is 39.5 Å². The van der Waals surface area contributed by atoms with Crippen LogP contribution < -0.4 is 20.9 Å². The van der Waals surface area contributed by atoms with Crippen LogP contribution in [0.5, 0.6) is 0 Å². The van der Waals surface area contributed by atoms with Crippen LogP contribution >= 0.6 is 0 Å². The van der Waals surface area contributed by atoms with Crippen LogP contribution in [-0.2, 0) is 24.2 Å². The Kier molecular flexibility index (Phi) is 11.8. The smallest absolute Gasteiger partial charge is 0.262 e. The molecule has 16 nitrogen and oxygen atoms in total. The Morgan fingerprint density at radius 1 is 0.803 bits per heavy atom. The van der Waals surface area contributed by atoms with Crippen molar-refractivity contribution in [2.24, 2.45) is 0 Å². The highest BCUT2D eigenvalue weighted by Crippen LogP contribution is 2.30. The highest BCUT2D eigenvalue weighted by atomic mass is 32.2. The molecule has 3 aliphatic rings. The number of nitrogens with zero attached hydrogens (tertiary/aromatic N) is 6. The van der Waals surface area contributed by atoms with Gasteiger partial charge in [0, 0.05) is 74.4 Å². The monoisotopic (exact) mass is 845 g/mol. The number of sulfone groups is 1. The van der Waals surface area contributed by atoms with E-state index in [1.165, 1.54) is 6.26 Å². The number of carbonyl (C=O) groups is 5. The zero-order valence-corrected chi connectivity index (χ0v) is 34.6. The van der Waals surface area contributed by atoms with Gasteiger partial charge in [0.2, 0.25) is 23.7 Å². The maximum atomic E-state index is 13.1. The minimum absolute atomic E-state index is 0.0785. The second kappa shape index (κ2) is 17.5. The van der Waals surface area contributed by atoms with Crippen molar-refractivity contribution < 1.29 is 32.4 Å². The highest BCUT2D eigenvalue weighted by molar-refractivity contribution is 7.90. The standard InChI is InChI=1S/C44H47N9O7S/c1-61(59,60)33-18-11-29(12-19-33)36-8-7-9-38-47-44(49-53(36)38)46-30-13-16-32(17-14-30)50-24-26-51(27-25-50)40(55)10-5-3-2-4-6-23-45-31-15-20-34-35(28-31)43(58)52(42(34)57)37-21-22-39(54)48-41(37)56/h7-9,11-20,28,37,45H,2-6,10,21-27H2,1H3,(H,46,49)(H,48,54,56). The second-order valence-electron chi connectivity index (χ2n) is 15.6. The number of hydrogen-bond acceptors (Lipinski definition) is 12. The maximum absolute atomic E-state index is 13.1. The molecular formula is C44H47N9O7S. The Bertz CT molecular complexity index is 2600. The van der Waals surface area contributed by atoms with E-state index in [0.29, 0.717) is 37.7 Å². The fourth-order valence-electron chi connectivity index (χ4n) is 8.05. The quantitative estimate of drug-likeness (QED) is 0.0940. The predicted octanol–water partition coefficient (Wildman–Crippen LogP) is 5.05. The van der Waals surface area contributed by atoms with Crippen molar-refractivity contribution >= 4 is 68.0 Å². The Morgan fingerprint density at radius 3 is 2.25 bits per heavy atom. The van der Waals surface area contributed by atoms with E-state index in [-0.39, 0.29) is 34.8 Å². The van der Waals surface area contributed by atoms with Gasteiger partial charge in [0.15, 0.2) is 15.5 Å². The van der Waals surface area contributed by atoms with Crippen molar-refractivity contribution in [3.05, 3.63) is 96.1 Å². The molecule has 0 spiro atoms. The number of rotatable bonds is 15. The first-order valence-electron chi connectivity index (χ1n) is 20.6. The molecular weight excluding hydrogens is 799 g/mol. The van der Waals surface area contributed by atoms with Crippen molar-refractivity contribution in [3.63, 3.8) is 0 Å². The number of aromatic nitrogens is 3. The minimum Gasteiger partial charge on any atom is -0.385 e. The van der Waals surface area contributed by atoms with Crippen molar-refractivity contribution in [2.45, 2.75) is 62.3 Å². The lowest BCUT2D eigenvalue weighted by Gasteiger charge is -2.36. The molecule has 2 saturated heterocycles. The third kappa shape index (κ3) is 9.11. The van der Waals surface area contributed by atoms with Crippen molar-refractivity contribution in [3.8, 4) is 11.3 Å². The summed E-state index contributed by atoms with van der Waals surface area (Å²) >= 11 is 0. The number of unbranched alkanes of at least 4 members (excludes halogenated alkanes) is 4. The van der Waals surface area contributed by atoms with Crippen molar-refractivity contribution in [1.29, 1.82) is 0 Å². The maximum Gasteiger partial charge on any atom is 0.262 e. The summed E-state index contributed by atoms with van der Waals surface area (Å²) in [6.45, 7) is 3.54. The summed E-state index contributed by atoms with van der Waals surface area (Å²) in [4.78, 5) is 73.0. The van der Waals surface area contributed by atoms with Gasteiger partial charge in [-0.1, -0.05) is 37.5 Å². The molecule has 5 amide bonds. The summed E-state index contributed by atoms with van der Waals surface area (Å²) in [5, 5.41) is 13.5. The lowest BCUT2D eigenvalue weighted by atomic mass is 10.0. The third-order valence-corrected chi connectivity index (χ3v) is 12.5. The van der Waals surface area contributed by atoms with Gasteiger partial charge in [-0.3, -0.25) is 34.2 Å². The molecule has 3 aromatic carbocycles. The number of pyridine rings is 1. The summed E-state index contributed by atoms with van der Waals surface area (Å²) in [6.07, 6.45) is 6.62. The number of amides is 5. The Labute approximate surface area is 353 Å². The van der Waals surface area contributed by atoms with Crippen LogP contribution in [0.4, 0.5) is 23.0 Å². The molecule has 0 saturated carbocycles. The first-order valence-corrected chi connectivity index (χ1v) is 22.5. The SMILES string of the molecule is CS(=O)(=O)c1ccc(-c2cccc3nc(Nc4ccc(N5CCN(C(=O)CCCCCCCNc6ccc7c(c6)C(=O)N(C6CCC(=O)NC6=O)C7=O)CC5)cc4)nn23)cc1. The molecule has 2 aromatic heterocycles. The van der Waals surface area contributed by atoms with Gasteiger partial charge in [-0.25, -0.2) is 12.9 Å². The van der Waals surface area contributed by atoms with Gasteiger partial charge in [0.1, 0.15) is 6.04 Å². The predicted molar refractivity (Wildman–Crippen MR) is 229 cm³/mol. The lowest BCUT2D eigenvalue weighted by Crippen LogP contribution is -2.54. The van der Waals surface area contributed by atoms with Crippen molar-refractivity contribution in [1.82, 2.24) is 29.7 Å². The van der Waals surface area contributed by atoms with Crippen LogP contribution in [0.2, 0.25) is 0 Å². The molecule has 0 radical (unpaired) electrons. The molecule has 2 fully saturated rings. The average Bonchev–Trinajstić information content (AvgIpc) is 3.78. The van der Waals surface area contributed by atoms with Gasteiger partial charge in [0.25, 0.3) is 11.8 Å². The van der Waals surface area contributed by atoms with Gasteiger partial charge in [-0.15, -0.1) is 5.10 Å². The highest BCUT2D eigenvalue weighted by Gasteiger charge is 2.44. The minimum atomic E-state index is -3.30. The number of nitrogens with one attached hydrogen (secondary N) is 3. The number of imide groups is 2. The van der Waals surface area contributed by atoms with Crippen LogP contribution in [0.15, 0.2) is 89.8 Å². The number of carbonyl (C=O) groups excluding carboxylic acids is 5. The fourth-order valence-corrected chi connectivity index (χ4v) is 8.68. The summed E-state index contributed by atoms with van der Waals surface area (Å²) in [6, 6.07) is 24.5. The van der Waals surface area contributed by atoms with Gasteiger partial charge in [0.05, 0.1) is 21.7 Å². The molecule has 0 aliphatic carbocycles. The average molecular weight is 846 g/mol. The first-order chi connectivity index (χ1) is 29.4. The molecule has 5 heterocycles. The zero-order chi connectivity index (χ0) is 42.7. The van der Waals surface area contributed by atoms with Gasteiger partial charge in [-0.05, 0) is 86.0 Å². The Hall–Kier alpha value is -6.62. The summed E-state index contributed by atoms with van der Waals surface area (Å²) in [7, 11) is -3.30. The van der Waals surface area contributed by atoms with Crippen LogP contribution in [-0.4, -0.2) is 107 Å². The number of piperazine rings is 1. The molecule has 8 rings (SSSR count). The number of fused-ring (bicyclic) bond motifs is 2. The number of piperidine rings is 1. The van der Waals surface area contributed by atoms with Gasteiger partial charge < -0.3 is 20.4 Å². The van der Waals surface area contributed by atoms with Crippen molar-refractivity contribution in [2.75, 3.05) is 54.5 Å².